The maximum absolute atomic E-state index is 13.4. The van der Waals surface area contributed by atoms with Gasteiger partial charge in [0.15, 0.2) is 0 Å². The van der Waals surface area contributed by atoms with Crippen molar-refractivity contribution in [3.05, 3.63) is 30.1 Å². The minimum absolute atomic E-state index is 0.100. The molecular formula is C13H16FN3O2. The Bertz CT molecular complexity index is 493. The topological polar surface area (TPSA) is 61.4 Å². The van der Waals surface area contributed by atoms with Gasteiger partial charge in [-0.15, -0.1) is 0 Å². The molecule has 0 bridgehead atoms. The molecular weight excluding hydrogens is 249 g/mol. The van der Waals surface area contributed by atoms with E-state index in [0.29, 0.717) is 13.1 Å². The molecule has 0 aromatic heterocycles. The van der Waals surface area contributed by atoms with Crippen molar-refractivity contribution in [1.82, 2.24) is 10.2 Å². The largest absolute Gasteiger partial charge is 0.354 e. The number of halogens is 1. The van der Waals surface area contributed by atoms with E-state index in [4.69, 9.17) is 0 Å². The molecule has 6 heteroatoms. The van der Waals surface area contributed by atoms with Gasteiger partial charge in [0.25, 0.3) is 0 Å². The summed E-state index contributed by atoms with van der Waals surface area (Å²) in [6, 6.07) is 5.52. The summed E-state index contributed by atoms with van der Waals surface area (Å²) >= 11 is 0. The molecule has 1 heterocycles. The van der Waals surface area contributed by atoms with Crippen molar-refractivity contribution in [2.75, 3.05) is 25.0 Å². The Balaban J connectivity index is 1.99. The molecule has 2 N–H and O–H groups in total. The Labute approximate surface area is 110 Å². The smallest absolute Gasteiger partial charge is 0.241 e. The van der Waals surface area contributed by atoms with Crippen molar-refractivity contribution in [2.45, 2.75) is 13.0 Å². The van der Waals surface area contributed by atoms with E-state index < -0.39 is 11.9 Å². The minimum Gasteiger partial charge on any atom is -0.354 e. The minimum atomic E-state index is -0.481. The zero-order valence-electron chi connectivity index (χ0n) is 10.6. The molecule has 2 rings (SSSR count). The van der Waals surface area contributed by atoms with Crippen LogP contribution in [0, 0.1) is 5.82 Å². The molecule has 2 amide bonds. The number of hydrogen-bond donors (Lipinski definition) is 2. The predicted octanol–water partition coefficient (Wildman–Crippen LogP) is 0.584. The molecule has 102 valence electrons. The van der Waals surface area contributed by atoms with Gasteiger partial charge in [-0.2, -0.15) is 0 Å². The number of carbonyl (C=O) groups is 2. The molecule has 0 aliphatic carbocycles. The van der Waals surface area contributed by atoms with Gasteiger partial charge in [0, 0.05) is 13.1 Å². The van der Waals surface area contributed by atoms with Gasteiger partial charge in [0.1, 0.15) is 5.82 Å². The lowest BCUT2D eigenvalue weighted by atomic mass is 10.2. The van der Waals surface area contributed by atoms with Gasteiger partial charge in [-0.3, -0.25) is 14.5 Å². The van der Waals surface area contributed by atoms with Gasteiger partial charge in [-0.25, -0.2) is 4.39 Å². The Morgan fingerprint density at radius 1 is 1.47 bits per heavy atom. The van der Waals surface area contributed by atoms with Crippen LogP contribution in [0.2, 0.25) is 0 Å². The predicted molar refractivity (Wildman–Crippen MR) is 69.1 cm³/mol. The number of carbonyl (C=O) groups excluding carboxylic acids is 2. The molecule has 0 radical (unpaired) electrons. The van der Waals surface area contributed by atoms with Gasteiger partial charge >= 0.3 is 0 Å². The fourth-order valence-electron chi connectivity index (χ4n) is 1.95. The number of nitrogens with one attached hydrogen (secondary N) is 2. The molecule has 1 aliphatic rings. The van der Waals surface area contributed by atoms with Gasteiger partial charge in [-0.05, 0) is 19.1 Å². The Kier molecular flexibility index (Phi) is 4.11. The number of benzene rings is 1. The Hall–Kier alpha value is -1.95. The summed E-state index contributed by atoms with van der Waals surface area (Å²) in [5.41, 5.74) is 0.154. The molecule has 0 unspecified atom stereocenters. The molecule has 1 aromatic carbocycles. The van der Waals surface area contributed by atoms with E-state index in [1.807, 2.05) is 0 Å². The first-order valence-corrected chi connectivity index (χ1v) is 6.14. The van der Waals surface area contributed by atoms with Gasteiger partial charge in [0.2, 0.25) is 11.8 Å². The zero-order valence-corrected chi connectivity index (χ0v) is 10.6. The second-order valence-electron chi connectivity index (χ2n) is 4.47. The lowest BCUT2D eigenvalue weighted by molar-refractivity contribution is -0.127. The molecule has 1 atom stereocenters. The van der Waals surface area contributed by atoms with E-state index >= 15 is 0 Å². The van der Waals surface area contributed by atoms with Crippen molar-refractivity contribution in [3.63, 3.8) is 0 Å². The Morgan fingerprint density at radius 2 is 2.21 bits per heavy atom. The summed E-state index contributed by atoms with van der Waals surface area (Å²) in [6.07, 6.45) is 0. The van der Waals surface area contributed by atoms with Gasteiger partial charge < -0.3 is 10.6 Å². The summed E-state index contributed by atoms with van der Waals surface area (Å²) in [5, 5.41) is 5.23. The molecule has 1 aliphatic heterocycles. The number of hydrogen-bond acceptors (Lipinski definition) is 3. The summed E-state index contributed by atoms with van der Waals surface area (Å²) in [7, 11) is 0. The van der Waals surface area contributed by atoms with Crippen molar-refractivity contribution < 1.29 is 14.0 Å². The van der Waals surface area contributed by atoms with Crippen LogP contribution in [0.4, 0.5) is 10.1 Å². The van der Waals surface area contributed by atoms with Crippen molar-refractivity contribution in [2.24, 2.45) is 0 Å². The summed E-state index contributed by atoms with van der Waals surface area (Å²) < 4.78 is 13.4. The first-order chi connectivity index (χ1) is 9.08. The highest BCUT2D eigenvalue weighted by atomic mass is 19.1. The monoisotopic (exact) mass is 265 g/mol. The van der Waals surface area contributed by atoms with E-state index in [-0.39, 0.29) is 24.0 Å². The number of piperazine rings is 1. The third-order valence-electron chi connectivity index (χ3n) is 3.13. The summed E-state index contributed by atoms with van der Waals surface area (Å²) in [4.78, 5) is 25.0. The van der Waals surface area contributed by atoms with Crippen LogP contribution in [-0.4, -0.2) is 42.4 Å². The van der Waals surface area contributed by atoms with Gasteiger partial charge in [0.05, 0.1) is 18.3 Å². The third-order valence-corrected chi connectivity index (χ3v) is 3.13. The third kappa shape index (κ3) is 3.29. The highest BCUT2D eigenvalue weighted by molar-refractivity contribution is 5.95. The maximum atomic E-state index is 13.4. The molecule has 5 nitrogen and oxygen atoms in total. The van der Waals surface area contributed by atoms with E-state index in [1.165, 1.54) is 12.1 Å². The maximum Gasteiger partial charge on any atom is 0.241 e. The highest BCUT2D eigenvalue weighted by Gasteiger charge is 2.26. The zero-order chi connectivity index (χ0) is 13.8. The first-order valence-electron chi connectivity index (χ1n) is 6.14. The second kappa shape index (κ2) is 5.79. The lowest BCUT2D eigenvalue weighted by Crippen LogP contribution is -2.53. The molecule has 1 aromatic rings. The van der Waals surface area contributed by atoms with Crippen LogP contribution in [-0.2, 0) is 9.59 Å². The summed E-state index contributed by atoms with van der Waals surface area (Å²) in [6.45, 7) is 3.02. The quantitative estimate of drug-likeness (QED) is 0.840. The fraction of sp³-hybridized carbons (Fsp3) is 0.385. The van der Waals surface area contributed by atoms with Crippen LogP contribution in [0.1, 0.15) is 6.92 Å². The van der Waals surface area contributed by atoms with Crippen molar-refractivity contribution >= 4 is 17.5 Å². The number of nitrogens with zero attached hydrogens (tertiary/aromatic N) is 1. The average Bonchev–Trinajstić information content (AvgIpc) is 2.40. The van der Waals surface area contributed by atoms with Crippen molar-refractivity contribution in [3.8, 4) is 0 Å². The van der Waals surface area contributed by atoms with E-state index in [2.05, 4.69) is 10.6 Å². The molecule has 1 saturated heterocycles. The first kappa shape index (κ1) is 13.5. The number of anilines is 1. The van der Waals surface area contributed by atoms with Crippen LogP contribution in [0.5, 0.6) is 0 Å². The highest BCUT2D eigenvalue weighted by Crippen LogP contribution is 2.13. The fourth-order valence-corrected chi connectivity index (χ4v) is 1.95. The number of para-hydroxylation sites is 1. The van der Waals surface area contributed by atoms with Crippen molar-refractivity contribution in [1.29, 1.82) is 0 Å². The molecule has 0 saturated carbocycles. The van der Waals surface area contributed by atoms with Gasteiger partial charge in [-0.1, -0.05) is 12.1 Å². The molecule has 19 heavy (non-hydrogen) atoms. The molecule has 0 spiro atoms. The van der Waals surface area contributed by atoms with Crippen LogP contribution in [0.15, 0.2) is 24.3 Å². The Morgan fingerprint density at radius 3 is 2.89 bits per heavy atom. The van der Waals surface area contributed by atoms with Crippen LogP contribution in [0.3, 0.4) is 0 Å². The van der Waals surface area contributed by atoms with E-state index in [1.54, 1.807) is 24.0 Å². The second-order valence-corrected chi connectivity index (χ2v) is 4.47. The standard InChI is InChI=1S/C13H16FN3O2/c1-9(17-7-6-15-12(18)8-17)13(19)16-11-5-3-2-4-10(11)14/h2-5,9H,6-8H2,1H3,(H,15,18)(H,16,19)/t9-/m0/s1. The molecule has 1 fully saturated rings. The number of rotatable bonds is 3. The average molecular weight is 265 g/mol. The summed E-state index contributed by atoms with van der Waals surface area (Å²) in [5.74, 6) is -0.893. The van der Waals surface area contributed by atoms with Crippen LogP contribution in [0.25, 0.3) is 0 Å². The van der Waals surface area contributed by atoms with Crippen LogP contribution >= 0.6 is 0 Å². The SMILES string of the molecule is C[C@@H](C(=O)Nc1ccccc1F)N1CCNC(=O)C1. The van der Waals surface area contributed by atoms with E-state index in [0.717, 1.165) is 0 Å². The normalized spacial score (nSPS) is 17.7. The van der Waals surface area contributed by atoms with E-state index in [9.17, 15) is 14.0 Å². The van der Waals surface area contributed by atoms with Crippen LogP contribution < -0.4 is 10.6 Å². The lowest BCUT2D eigenvalue weighted by Gasteiger charge is -2.31. The number of amides is 2.